The second-order valence-corrected chi connectivity index (χ2v) is 3.42. The zero-order valence-corrected chi connectivity index (χ0v) is 8.38. The first-order valence-corrected chi connectivity index (χ1v) is 4.75. The highest BCUT2D eigenvalue weighted by Gasteiger charge is 2.18. The Bertz CT molecular complexity index is 167. The molecule has 1 aliphatic rings. The van der Waals surface area contributed by atoms with Gasteiger partial charge >= 0.3 is 5.97 Å². The average molecular weight is 186 g/mol. The number of rotatable bonds is 3. The van der Waals surface area contributed by atoms with Gasteiger partial charge in [-0.2, -0.15) is 0 Å². The van der Waals surface area contributed by atoms with Gasteiger partial charge in [-0.15, -0.1) is 0 Å². The minimum Gasteiger partial charge on any atom is -0.469 e. The lowest BCUT2D eigenvalue weighted by molar-refractivity contribution is -0.141. The third-order valence-electron chi connectivity index (χ3n) is 2.46. The quantitative estimate of drug-likeness (QED) is 0.622. The molecule has 0 radical (unpaired) electrons. The van der Waals surface area contributed by atoms with E-state index in [1.54, 1.807) is 0 Å². The van der Waals surface area contributed by atoms with Crippen molar-refractivity contribution in [3.05, 3.63) is 0 Å². The molecule has 0 aromatic carbocycles. The number of nitrogens with zero attached hydrogens (tertiary/aromatic N) is 1. The Morgan fingerprint density at radius 1 is 1.54 bits per heavy atom. The van der Waals surface area contributed by atoms with E-state index in [0.29, 0.717) is 12.5 Å². The topological polar surface area (TPSA) is 41.6 Å². The summed E-state index contributed by atoms with van der Waals surface area (Å²) in [7, 11) is 1.44. The zero-order valence-electron chi connectivity index (χ0n) is 8.38. The largest absolute Gasteiger partial charge is 0.469 e. The fourth-order valence-corrected chi connectivity index (χ4v) is 1.58. The summed E-state index contributed by atoms with van der Waals surface area (Å²) in [5.41, 5.74) is 0. The molecule has 0 bridgehead atoms. The van der Waals surface area contributed by atoms with E-state index in [1.165, 1.54) is 7.11 Å². The number of esters is 1. The SMILES string of the molecule is COC(=O)CC(C)N1CCNCC1. The third kappa shape index (κ3) is 3.32. The van der Waals surface area contributed by atoms with E-state index in [-0.39, 0.29) is 5.97 Å². The number of carbonyl (C=O) groups is 1. The van der Waals surface area contributed by atoms with Crippen LogP contribution in [0.4, 0.5) is 0 Å². The smallest absolute Gasteiger partial charge is 0.307 e. The summed E-state index contributed by atoms with van der Waals surface area (Å²) < 4.78 is 4.63. The van der Waals surface area contributed by atoms with Crippen molar-refractivity contribution in [1.29, 1.82) is 0 Å². The maximum absolute atomic E-state index is 11.0. The van der Waals surface area contributed by atoms with Crippen LogP contribution in [0, 0.1) is 0 Å². The number of carbonyl (C=O) groups excluding carboxylic acids is 1. The molecule has 0 aliphatic carbocycles. The van der Waals surface area contributed by atoms with Crippen LogP contribution in [0.15, 0.2) is 0 Å². The predicted molar refractivity (Wildman–Crippen MR) is 50.5 cm³/mol. The minimum absolute atomic E-state index is 0.119. The van der Waals surface area contributed by atoms with Crippen LogP contribution in [0.5, 0.6) is 0 Å². The molecule has 0 amide bonds. The number of hydrogen-bond donors (Lipinski definition) is 1. The van der Waals surface area contributed by atoms with Crippen molar-refractivity contribution in [2.45, 2.75) is 19.4 Å². The van der Waals surface area contributed by atoms with Crippen molar-refractivity contribution < 1.29 is 9.53 Å². The molecule has 1 aliphatic heterocycles. The molecule has 1 rings (SSSR count). The number of hydrogen-bond acceptors (Lipinski definition) is 4. The molecule has 0 spiro atoms. The Morgan fingerprint density at radius 3 is 2.69 bits per heavy atom. The third-order valence-corrected chi connectivity index (χ3v) is 2.46. The molecular weight excluding hydrogens is 168 g/mol. The highest BCUT2D eigenvalue weighted by Crippen LogP contribution is 2.05. The Morgan fingerprint density at radius 2 is 2.15 bits per heavy atom. The molecule has 13 heavy (non-hydrogen) atoms. The van der Waals surface area contributed by atoms with E-state index in [4.69, 9.17) is 0 Å². The first-order valence-electron chi connectivity index (χ1n) is 4.75. The molecule has 0 saturated carbocycles. The van der Waals surface area contributed by atoms with Gasteiger partial charge in [0.05, 0.1) is 13.5 Å². The van der Waals surface area contributed by atoms with Crippen LogP contribution < -0.4 is 5.32 Å². The predicted octanol–water partition coefficient (Wildman–Crippen LogP) is -0.157. The molecule has 4 heteroatoms. The molecule has 1 N–H and O–H groups in total. The Hall–Kier alpha value is -0.610. The van der Waals surface area contributed by atoms with Gasteiger partial charge < -0.3 is 10.1 Å². The van der Waals surface area contributed by atoms with Gasteiger partial charge in [-0.1, -0.05) is 0 Å². The lowest BCUT2D eigenvalue weighted by Gasteiger charge is -2.32. The minimum atomic E-state index is -0.119. The summed E-state index contributed by atoms with van der Waals surface area (Å²) in [5.74, 6) is -0.119. The van der Waals surface area contributed by atoms with Gasteiger partial charge in [0.25, 0.3) is 0 Å². The molecule has 1 heterocycles. The van der Waals surface area contributed by atoms with Gasteiger partial charge in [0.2, 0.25) is 0 Å². The van der Waals surface area contributed by atoms with Gasteiger partial charge in [-0.25, -0.2) is 0 Å². The van der Waals surface area contributed by atoms with Crippen LogP contribution in [-0.2, 0) is 9.53 Å². The van der Waals surface area contributed by atoms with Gasteiger partial charge in [-0.3, -0.25) is 9.69 Å². The van der Waals surface area contributed by atoms with E-state index < -0.39 is 0 Å². The maximum atomic E-state index is 11.0. The zero-order chi connectivity index (χ0) is 9.68. The van der Waals surface area contributed by atoms with Crippen LogP contribution in [-0.4, -0.2) is 50.2 Å². The number of ether oxygens (including phenoxy) is 1. The summed E-state index contributed by atoms with van der Waals surface area (Å²) >= 11 is 0. The second-order valence-electron chi connectivity index (χ2n) is 3.42. The van der Waals surface area contributed by atoms with Crippen molar-refractivity contribution in [3.63, 3.8) is 0 Å². The Balaban J connectivity index is 2.28. The maximum Gasteiger partial charge on any atom is 0.307 e. The van der Waals surface area contributed by atoms with E-state index in [1.807, 2.05) is 0 Å². The molecule has 1 atom stereocenters. The standard InChI is InChI=1S/C9H18N2O2/c1-8(7-9(12)13-2)11-5-3-10-4-6-11/h8,10H,3-7H2,1-2H3. The highest BCUT2D eigenvalue weighted by atomic mass is 16.5. The van der Waals surface area contributed by atoms with Gasteiger partial charge in [0, 0.05) is 32.2 Å². The van der Waals surface area contributed by atoms with Crippen LogP contribution >= 0.6 is 0 Å². The lowest BCUT2D eigenvalue weighted by Crippen LogP contribution is -2.48. The molecule has 0 aromatic rings. The van der Waals surface area contributed by atoms with Crippen LogP contribution in [0.25, 0.3) is 0 Å². The highest BCUT2D eigenvalue weighted by molar-refractivity contribution is 5.69. The Kier molecular flexibility index (Phi) is 4.18. The summed E-state index contributed by atoms with van der Waals surface area (Å²) in [6.45, 7) is 6.16. The van der Waals surface area contributed by atoms with Crippen molar-refractivity contribution in [2.75, 3.05) is 33.3 Å². The normalized spacial score (nSPS) is 21.1. The fourth-order valence-electron chi connectivity index (χ4n) is 1.58. The van der Waals surface area contributed by atoms with E-state index in [2.05, 4.69) is 21.9 Å². The van der Waals surface area contributed by atoms with Crippen molar-refractivity contribution in [3.8, 4) is 0 Å². The summed E-state index contributed by atoms with van der Waals surface area (Å²) in [6, 6.07) is 0.301. The van der Waals surface area contributed by atoms with E-state index >= 15 is 0 Å². The van der Waals surface area contributed by atoms with Crippen LogP contribution in [0.3, 0.4) is 0 Å². The van der Waals surface area contributed by atoms with E-state index in [0.717, 1.165) is 26.2 Å². The lowest BCUT2D eigenvalue weighted by atomic mass is 10.2. The monoisotopic (exact) mass is 186 g/mol. The fraction of sp³-hybridized carbons (Fsp3) is 0.889. The second kappa shape index (κ2) is 5.19. The molecule has 76 valence electrons. The number of piperazine rings is 1. The summed E-state index contributed by atoms with van der Waals surface area (Å²) in [4.78, 5) is 13.3. The molecule has 0 aromatic heterocycles. The van der Waals surface area contributed by atoms with E-state index in [9.17, 15) is 4.79 Å². The summed E-state index contributed by atoms with van der Waals surface area (Å²) in [5, 5.41) is 3.28. The van der Waals surface area contributed by atoms with Gasteiger partial charge in [0.1, 0.15) is 0 Å². The Labute approximate surface area is 79.2 Å². The van der Waals surface area contributed by atoms with Gasteiger partial charge in [-0.05, 0) is 6.92 Å². The first-order chi connectivity index (χ1) is 6.24. The number of nitrogens with one attached hydrogen (secondary N) is 1. The van der Waals surface area contributed by atoms with Crippen molar-refractivity contribution in [2.24, 2.45) is 0 Å². The number of methoxy groups -OCH3 is 1. The van der Waals surface area contributed by atoms with Gasteiger partial charge in [0.15, 0.2) is 0 Å². The molecule has 1 saturated heterocycles. The van der Waals surface area contributed by atoms with Crippen molar-refractivity contribution in [1.82, 2.24) is 10.2 Å². The molecular formula is C9H18N2O2. The van der Waals surface area contributed by atoms with Crippen molar-refractivity contribution >= 4 is 5.97 Å². The first kappa shape index (κ1) is 10.5. The summed E-state index contributed by atoms with van der Waals surface area (Å²) in [6.07, 6.45) is 0.497. The van der Waals surface area contributed by atoms with Crippen LogP contribution in [0.2, 0.25) is 0 Å². The van der Waals surface area contributed by atoms with Crippen LogP contribution in [0.1, 0.15) is 13.3 Å². The molecule has 1 fully saturated rings. The molecule has 4 nitrogen and oxygen atoms in total. The average Bonchev–Trinajstić information content (AvgIpc) is 2.19. The molecule has 1 unspecified atom stereocenters.